The van der Waals surface area contributed by atoms with E-state index in [1.807, 2.05) is 30.3 Å². The second-order valence-corrected chi connectivity index (χ2v) is 12.8. The first-order valence-electron chi connectivity index (χ1n) is 11.9. The number of fused-ring (bicyclic) bond motifs is 5. The molecule has 8 atom stereocenters. The first-order chi connectivity index (χ1) is 13.9. The van der Waals surface area contributed by atoms with E-state index in [1.54, 1.807) is 0 Å². The van der Waals surface area contributed by atoms with Gasteiger partial charge in [0, 0.05) is 11.5 Å². The van der Waals surface area contributed by atoms with E-state index >= 15 is 0 Å². The second kappa shape index (κ2) is 7.38. The Morgan fingerprint density at radius 1 is 1.00 bits per heavy atom. The zero-order valence-electron chi connectivity index (χ0n) is 18.1. The van der Waals surface area contributed by atoms with E-state index in [-0.39, 0.29) is 5.41 Å². The minimum absolute atomic E-state index is 0.267. The zero-order chi connectivity index (χ0) is 20.2. The summed E-state index contributed by atoms with van der Waals surface area (Å²) in [4.78, 5) is 0. The van der Waals surface area contributed by atoms with Crippen molar-refractivity contribution in [1.82, 2.24) is 0 Å². The molecule has 1 aromatic carbocycles. The molecule has 0 amide bonds. The quantitative estimate of drug-likeness (QED) is 0.502. The van der Waals surface area contributed by atoms with Crippen LogP contribution in [-0.4, -0.2) is 16.9 Å². The molecule has 0 aliphatic heterocycles. The molecule has 2 nitrogen and oxygen atoms in total. The lowest BCUT2D eigenvalue weighted by Crippen LogP contribution is -2.50. The van der Waals surface area contributed by atoms with Gasteiger partial charge in [0.25, 0.3) is 0 Å². The maximum atomic E-state index is 13.1. The van der Waals surface area contributed by atoms with E-state index in [0.29, 0.717) is 0 Å². The number of hydrogen-bond acceptors (Lipinski definition) is 2. The molecule has 1 N–H and O–H groups in total. The fraction of sp³-hybridized carbons (Fsp3) is 0.692. The molecule has 0 bridgehead atoms. The van der Waals surface area contributed by atoms with Crippen LogP contribution in [0.25, 0.3) is 0 Å². The molecule has 1 unspecified atom stereocenters. The highest BCUT2D eigenvalue weighted by atomic mass is 31.1. The Morgan fingerprint density at radius 2 is 1.76 bits per heavy atom. The van der Waals surface area contributed by atoms with Crippen LogP contribution in [0.2, 0.25) is 0 Å². The van der Waals surface area contributed by atoms with Gasteiger partial charge in [-0.05, 0) is 93.3 Å². The molecule has 1 aromatic rings. The molecule has 4 aliphatic carbocycles. The van der Waals surface area contributed by atoms with Gasteiger partial charge in [-0.3, -0.25) is 0 Å². The first kappa shape index (κ1) is 20.1. The van der Waals surface area contributed by atoms with Crippen LogP contribution in [0.15, 0.2) is 42.0 Å². The van der Waals surface area contributed by atoms with E-state index in [0.717, 1.165) is 53.9 Å². The predicted octanol–water partition coefficient (Wildman–Crippen LogP) is 5.81. The summed E-state index contributed by atoms with van der Waals surface area (Å²) < 4.78 is 13.1. The highest BCUT2D eigenvalue weighted by Gasteiger charge is 2.55. The Balaban J connectivity index is 1.31. The lowest BCUT2D eigenvalue weighted by Gasteiger charge is -2.56. The summed E-state index contributed by atoms with van der Waals surface area (Å²) in [6, 6.07) is 10.1. The Labute approximate surface area is 177 Å². The Bertz CT molecular complexity index is 813. The van der Waals surface area contributed by atoms with Crippen LogP contribution in [0.1, 0.15) is 65.2 Å². The van der Waals surface area contributed by atoms with Crippen molar-refractivity contribution in [1.29, 1.82) is 0 Å². The lowest BCUT2D eigenvalue weighted by atomic mass is 9.49. The molecule has 0 aromatic heterocycles. The summed E-state index contributed by atoms with van der Waals surface area (Å²) in [5.74, 6) is 4.04. The molecule has 158 valence electrons. The summed E-state index contributed by atoms with van der Waals surface area (Å²) in [6.07, 6.45) is 13.0. The minimum atomic E-state index is -1.74. The highest BCUT2D eigenvalue weighted by molar-refractivity contribution is 7.53. The number of hydrogen-bond donors (Lipinski definition) is 1. The van der Waals surface area contributed by atoms with Crippen molar-refractivity contribution in [3.63, 3.8) is 0 Å². The molecule has 3 heteroatoms. The Kier molecular flexibility index (Phi) is 5.11. The molecule has 0 radical (unpaired) electrons. The molecule has 4 aliphatic rings. The number of benzene rings is 1. The van der Waals surface area contributed by atoms with Crippen molar-refractivity contribution in [2.45, 2.75) is 70.8 Å². The van der Waals surface area contributed by atoms with Gasteiger partial charge >= 0.3 is 0 Å². The van der Waals surface area contributed by atoms with Crippen molar-refractivity contribution >= 4 is 13.1 Å². The predicted molar refractivity (Wildman–Crippen MR) is 121 cm³/mol. The molecule has 29 heavy (non-hydrogen) atoms. The maximum Gasteiger partial charge on any atom is 0.108 e. The summed E-state index contributed by atoms with van der Waals surface area (Å²) >= 11 is 0. The van der Waals surface area contributed by atoms with Gasteiger partial charge in [-0.15, -0.1) is 0 Å². The van der Waals surface area contributed by atoms with Crippen molar-refractivity contribution < 1.29 is 9.67 Å². The van der Waals surface area contributed by atoms with Crippen molar-refractivity contribution in [2.75, 3.05) is 6.16 Å². The highest BCUT2D eigenvalue weighted by Crippen LogP contribution is 2.63. The molecule has 0 spiro atoms. The zero-order valence-corrected chi connectivity index (χ0v) is 19.1. The van der Waals surface area contributed by atoms with Crippen LogP contribution in [0, 0.1) is 35.0 Å². The Hall–Kier alpha value is -0.850. The third-order valence-corrected chi connectivity index (χ3v) is 11.1. The van der Waals surface area contributed by atoms with Crippen LogP contribution in [0.5, 0.6) is 0 Å². The van der Waals surface area contributed by atoms with E-state index < -0.39 is 13.4 Å². The monoisotopic (exact) mass is 412 g/mol. The third kappa shape index (κ3) is 3.49. The van der Waals surface area contributed by atoms with E-state index in [2.05, 4.69) is 19.9 Å². The van der Waals surface area contributed by atoms with Gasteiger partial charge in [0.1, 0.15) is 7.80 Å². The van der Waals surface area contributed by atoms with E-state index in [1.165, 1.54) is 44.1 Å². The van der Waals surface area contributed by atoms with Gasteiger partial charge < -0.3 is 9.67 Å². The van der Waals surface area contributed by atoms with Gasteiger partial charge in [-0.25, -0.2) is 0 Å². The van der Waals surface area contributed by atoms with Gasteiger partial charge in [-0.1, -0.05) is 48.9 Å². The summed E-state index contributed by atoms with van der Waals surface area (Å²) in [6.45, 7) is 4.54. The van der Waals surface area contributed by atoms with Crippen molar-refractivity contribution in [3.8, 4) is 0 Å². The topological polar surface area (TPSA) is 37.3 Å². The van der Waals surface area contributed by atoms with Crippen LogP contribution in [0.3, 0.4) is 0 Å². The van der Waals surface area contributed by atoms with Crippen LogP contribution in [0.4, 0.5) is 0 Å². The Morgan fingerprint density at radius 3 is 2.55 bits per heavy atom. The van der Waals surface area contributed by atoms with Gasteiger partial charge in [0.05, 0.1) is 5.60 Å². The summed E-state index contributed by atoms with van der Waals surface area (Å²) in [5.41, 5.74) is 1.34. The standard InChI is InChI=1S/C26H37O2P/c1-25(27)14-12-21-18(16-25)8-10-23-22(21)13-15-26(2)19(9-11-24(23)26)17-29(28)20-6-4-3-5-7-20/h3-7,9,18,21-24,27,29H,8,10-17H2,1-2H3/t18-,21+,22-,23-,24+,25-,26-/m1/s1. The van der Waals surface area contributed by atoms with Gasteiger partial charge in [-0.2, -0.15) is 0 Å². The summed E-state index contributed by atoms with van der Waals surface area (Å²) in [7, 11) is -1.74. The number of allylic oxidation sites excluding steroid dienone is 2. The van der Waals surface area contributed by atoms with Crippen LogP contribution in [-0.2, 0) is 4.57 Å². The van der Waals surface area contributed by atoms with Crippen molar-refractivity contribution in [3.05, 3.63) is 42.0 Å². The molecule has 3 fully saturated rings. The third-order valence-electron chi connectivity index (χ3n) is 9.43. The lowest BCUT2D eigenvalue weighted by molar-refractivity contribution is -0.0909. The SMILES string of the molecule is C[C@@]1(O)CC[C@H]2[C@H](CC[C@@H]3[C@@H]2CC[C@]2(C)C(C[PH](=O)c4ccccc4)=CC[C@@H]32)C1. The molecule has 0 heterocycles. The van der Waals surface area contributed by atoms with Gasteiger partial charge in [0.15, 0.2) is 0 Å². The minimum Gasteiger partial charge on any atom is -0.390 e. The average molecular weight is 413 g/mol. The molecular weight excluding hydrogens is 375 g/mol. The molecular formula is C26H37O2P. The molecule has 5 rings (SSSR count). The summed E-state index contributed by atoms with van der Waals surface area (Å²) in [5, 5.41) is 11.6. The fourth-order valence-electron chi connectivity index (χ4n) is 7.91. The van der Waals surface area contributed by atoms with E-state index in [9.17, 15) is 9.67 Å². The molecule has 0 saturated heterocycles. The first-order valence-corrected chi connectivity index (χ1v) is 13.5. The normalized spacial score (nSPS) is 44.9. The number of rotatable bonds is 3. The number of aliphatic hydroxyl groups is 1. The van der Waals surface area contributed by atoms with Crippen LogP contribution >= 0.6 is 7.80 Å². The average Bonchev–Trinajstić information content (AvgIpc) is 3.04. The van der Waals surface area contributed by atoms with E-state index in [4.69, 9.17) is 0 Å². The maximum absolute atomic E-state index is 13.1. The van der Waals surface area contributed by atoms with Crippen molar-refractivity contribution in [2.24, 2.45) is 35.0 Å². The molecule has 3 saturated carbocycles. The largest absolute Gasteiger partial charge is 0.390 e. The van der Waals surface area contributed by atoms with Crippen LogP contribution < -0.4 is 5.30 Å². The second-order valence-electron chi connectivity index (χ2n) is 11.1. The smallest absolute Gasteiger partial charge is 0.108 e. The fourth-order valence-corrected chi connectivity index (χ4v) is 9.57. The van der Waals surface area contributed by atoms with Gasteiger partial charge in [0.2, 0.25) is 0 Å².